The van der Waals surface area contributed by atoms with Crippen molar-refractivity contribution in [1.82, 2.24) is 15.7 Å². The first-order valence-electron chi connectivity index (χ1n) is 8.35. The Hall–Kier alpha value is -1.36. The fourth-order valence-electron chi connectivity index (χ4n) is 2.77. The second kappa shape index (κ2) is 9.62. The molecule has 2 N–H and O–H groups in total. The second-order valence-corrected chi connectivity index (χ2v) is 5.79. The van der Waals surface area contributed by atoms with Gasteiger partial charge in [0.05, 0.1) is 13.8 Å². The molecule has 0 radical (unpaired) electrons. The first-order valence-corrected chi connectivity index (χ1v) is 8.35. The van der Waals surface area contributed by atoms with Crippen LogP contribution in [-0.2, 0) is 11.4 Å². The molecule has 0 aliphatic carbocycles. The lowest BCUT2D eigenvalue weighted by molar-refractivity contribution is 0.0894. The van der Waals surface area contributed by atoms with Crippen molar-refractivity contribution in [3.8, 4) is 0 Å². The molecular formula is C18H29N3O. The fraction of sp³-hybridized carbons (Fsp3) is 0.556. The van der Waals surface area contributed by atoms with Gasteiger partial charge in [-0.1, -0.05) is 43.7 Å². The minimum atomic E-state index is 0.599. The van der Waals surface area contributed by atoms with Crippen LogP contribution in [0.1, 0.15) is 43.7 Å². The van der Waals surface area contributed by atoms with Crippen molar-refractivity contribution in [2.24, 2.45) is 0 Å². The zero-order chi connectivity index (χ0) is 15.6. The Labute approximate surface area is 134 Å². The van der Waals surface area contributed by atoms with Crippen LogP contribution in [0.2, 0.25) is 0 Å². The monoisotopic (exact) mass is 303 g/mol. The maximum Gasteiger partial charge on any atom is 0.0889 e. The third kappa shape index (κ3) is 5.44. The average Bonchev–Trinajstić information content (AvgIpc) is 3.05. The Balaban J connectivity index is 1.97. The smallest absolute Gasteiger partial charge is 0.0889 e. The molecule has 1 aromatic carbocycles. The van der Waals surface area contributed by atoms with Gasteiger partial charge in [0.1, 0.15) is 0 Å². The predicted octanol–water partition coefficient (Wildman–Crippen LogP) is 3.12. The summed E-state index contributed by atoms with van der Waals surface area (Å²) in [6, 6.07) is 8.93. The number of nitrogens with zero attached hydrogens (tertiary/aromatic N) is 1. The molecule has 1 saturated heterocycles. The van der Waals surface area contributed by atoms with E-state index in [2.05, 4.69) is 53.0 Å². The Morgan fingerprint density at radius 1 is 1.23 bits per heavy atom. The van der Waals surface area contributed by atoms with E-state index >= 15 is 0 Å². The standard InChI is InChI=1S/C18H29N3O/c1-3-4-7-18(19-15-20-22-2)17-10-8-16(9-11-17)14-21-12-5-6-13-21/h7-11,19-20H,3-6,12-15H2,1-2H3. The van der Waals surface area contributed by atoms with Gasteiger partial charge in [0.2, 0.25) is 0 Å². The highest BCUT2D eigenvalue weighted by Gasteiger charge is 2.11. The van der Waals surface area contributed by atoms with Gasteiger partial charge in [0, 0.05) is 12.2 Å². The van der Waals surface area contributed by atoms with E-state index in [1.807, 2.05) is 0 Å². The predicted molar refractivity (Wildman–Crippen MR) is 92.0 cm³/mol. The summed E-state index contributed by atoms with van der Waals surface area (Å²) < 4.78 is 0. The van der Waals surface area contributed by atoms with Gasteiger partial charge in [0.15, 0.2) is 0 Å². The van der Waals surface area contributed by atoms with Gasteiger partial charge in [-0.3, -0.25) is 4.90 Å². The molecule has 0 bridgehead atoms. The number of hydrogen-bond donors (Lipinski definition) is 2. The Bertz CT molecular complexity index is 450. The zero-order valence-corrected chi connectivity index (χ0v) is 13.9. The molecule has 0 unspecified atom stereocenters. The first kappa shape index (κ1) is 17.0. The number of unbranched alkanes of at least 4 members (excludes halogenated alkanes) is 1. The van der Waals surface area contributed by atoms with Crippen molar-refractivity contribution in [3.63, 3.8) is 0 Å². The Morgan fingerprint density at radius 2 is 1.95 bits per heavy atom. The number of hydrogen-bond acceptors (Lipinski definition) is 4. The molecule has 1 fully saturated rings. The van der Waals surface area contributed by atoms with Crippen molar-refractivity contribution in [3.05, 3.63) is 41.5 Å². The van der Waals surface area contributed by atoms with Crippen molar-refractivity contribution in [1.29, 1.82) is 0 Å². The summed E-state index contributed by atoms with van der Waals surface area (Å²) in [6.45, 7) is 6.36. The van der Waals surface area contributed by atoms with Crippen LogP contribution in [0.4, 0.5) is 0 Å². The SMILES string of the molecule is CCCC=C(NCNOC)c1ccc(CN2CCCC2)cc1. The van der Waals surface area contributed by atoms with E-state index in [9.17, 15) is 0 Å². The number of benzene rings is 1. The molecule has 0 aromatic heterocycles. The van der Waals surface area contributed by atoms with Gasteiger partial charge in [-0.2, -0.15) is 5.48 Å². The first-order chi connectivity index (χ1) is 10.8. The van der Waals surface area contributed by atoms with Crippen LogP contribution in [0.3, 0.4) is 0 Å². The third-order valence-corrected chi connectivity index (χ3v) is 4.00. The van der Waals surface area contributed by atoms with Crippen LogP contribution < -0.4 is 10.8 Å². The van der Waals surface area contributed by atoms with Gasteiger partial charge in [0.25, 0.3) is 0 Å². The molecule has 1 heterocycles. The van der Waals surface area contributed by atoms with E-state index in [1.165, 1.54) is 42.8 Å². The van der Waals surface area contributed by atoms with E-state index in [0.717, 1.165) is 19.4 Å². The summed E-state index contributed by atoms with van der Waals surface area (Å²) in [6.07, 6.45) is 7.17. The maximum absolute atomic E-state index is 4.88. The van der Waals surface area contributed by atoms with Crippen LogP contribution in [0.25, 0.3) is 5.70 Å². The van der Waals surface area contributed by atoms with Gasteiger partial charge in [-0.05, 0) is 43.5 Å². The average molecular weight is 303 g/mol. The highest BCUT2D eigenvalue weighted by Crippen LogP contribution is 2.17. The molecule has 1 aliphatic rings. The molecule has 0 amide bonds. The van der Waals surface area contributed by atoms with Gasteiger partial charge >= 0.3 is 0 Å². The van der Waals surface area contributed by atoms with Crippen molar-refractivity contribution in [2.75, 3.05) is 26.9 Å². The Kier molecular flexibility index (Phi) is 7.43. The van der Waals surface area contributed by atoms with E-state index < -0.39 is 0 Å². The minimum Gasteiger partial charge on any atom is -0.370 e. The second-order valence-electron chi connectivity index (χ2n) is 5.79. The number of likely N-dealkylation sites (tertiary alicyclic amines) is 1. The summed E-state index contributed by atoms with van der Waals surface area (Å²) in [5.41, 5.74) is 6.62. The summed E-state index contributed by atoms with van der Waals surface area (Å²) >= 11 is 0. The number of hydroxylamine groups is 1. The molecule has 4 nitrogen and oxygen atoms in total. The van der Waals surface area contributed by atoms with Crippen LogP contribution >= 0.6 is 0 Å². The molecular weight excluding hydrogens is 274 g/mol. The molecule has 22 heavy (non-hydrogen) atoms. The van der Waals surface area contributed by atoms with Crippen molar-refractivity contribution < 1.29 is 4.84 Å². The number of allylic oxidation sites excluding steroid dienone is 1. The summed E-state index contributed by atoms with van der Waals surface area (Å²) in [7, 11) is 1.63. The zero-order valence-electron chi connectivity index (χ0n) is 13.9. The molecule has 0 saturated carbocycles. The highest BCUT2D eigenvalue weighted by molar-refractivity contribution is 5.64. The minimum absolute atomic E-state index is 0.599. The van der Waals surface area contributed by atoms with E-state index in [0.29, 0.717) is 6.67 Å². The number of nitrogens with one attached hydrogen (secondary N) is 2. The van der Waals surface area contributed by atoms with E-state index in [-0.39, 0.29) is 0 Å². The lowest BCUT2D eigenvalue weighted by Gasteiger charge is -2.16. The van der Waals surface area contributed by atoms with Gasteiger partial charge in [-0.15, -0.1) is 0 Å². The van der Waals surface area contributed by atoms with Gasteiger partial charge in [-0.25, -0.2) is 0 Å². The Morgan fingerprint density at radius 3 is 2.59 bits per heavy atom. The lowest BCUT2D eigenvalue weighted by atomic mass is 10.1. The molecule has 1 aromatic rings. The van der Waals surface area contributed by atoms with E-state index in [4.69, 9.17) is 4.84 Å². The maximum atomic E-state index is 4.88. The summed E-state index contributed by atoms with van der Waals surface area (Å²) in [4.78, 5) is 7.41. The fourth-order valence-corrected chi connectivity index (χ4v) is 2.77. The van der Waals surface area contributed by atoms with E-state index in [1.54, 1.807) is 7.11 Å². The van der Waals surface area contributed by atoms with Crippen LogP contribution in [0, 0.1) is 0 Å². The summed E-state index contributed by atoms with van der Waals surface area (Å²) in [5.74, 6) is 0. The molecule has 0 spiro atoms. The molecule has 4 heteroatoms. The van der Waals surface area contributed by atoms with Crippen molar-refractivity contribution in [2.45, 2.75) is 39.2 Å². The largest absolute Gasteiger partial charge is 0.370 e. The number of rotatable bonds is 9. The quantitative estimate of drug-likeness (QED) is 0.417. The topological polar surface area (TPSA) is 36.5 Å². The van der Waals surface area contributed by atoms with Crippen LogP contribution in [0.15, 0.2) is 30.3 Å². The van der Waals surface area contributed by atoms with Crippen LogP contribution in [-0.4, -0.2) is 31.8 Å². The third-order valence-electron chi connectivity index (χ3n) is 4.00. The molecule has 122 valence electrons. The normalized spacial score (nSPS) is 16.2. The highest BCUT2D eigenvalue weighted by atomic mass is 16.6. The molecule has 1 aliphatic heterocycles. The summed E-state index contributed by atoms with van der Waals surface area (Å²) in [5, 5.41) is 3.38. The lowest BCUT2D eigenvalue weighted by Crippen LogP contribution is -2.27. The van der Waals surface area contributed by atoms with Gasteiger partial charge < -0.3 is 10.2 Å². The van der Waals surface area contributed by atoms with Crippen molar-refractivity contribution >= 4 is 5.70 Å². The van der Waals surface area contributed by atoms with Crippen LogP contribution in [0.5, 0.6) is 0 Å². The molecule has 2 rings (SSSR count). The molecule has 0 atom stereocenters.